The van der Waals surface area contributed by atoms with E-state index >= 15 is 26.0 Å². The molecule has 0 saturated heterocycles. The second-order valence-corrected chi connectivity index (χ2v) is 22.1. The molecule has 12 aliphatic rings. The van der Waals surface area contributed by atoms with Gasteiger partial charge in [0.1, 0.15) is 37.3 Å². The van der Waals surface area contributed by atoms with Gasteiger partial charge >= 0.3 is 10.1 Å². The molecule has 2 aromatic carbocycles. The van der Waals surface area contributed by atoms with Gasteiger partial charge in [0.25, 0.3) is 0 Å². The van der Waals surface area contributed by atoms with E-state index in [-0.39, 0.29) is 87.7 Å². The van der Waals surface area contributed by atoms with Gasteiger partial charge in [0, 0.05) is 35.5 Å². The summed E-state index contributed by atoms with van der Waals surface area (Å²) in [5, 5.41) is 0. The molecule has 0 aromatic heterocycles. The van der Waals surface area contributed by atoms with Gasteiger partial charge in [-0.1, -0.05) is 12.1 Å². The Morgan fingerprint density at radius 2 is 0.895 bits per heavy atom. The average molecular weight is 830 g/mol. The molecule has 14 rings (SSSR count). The van der Waals surface area contributed by atoms with Gasteiger partial charge in [-0.3, -0.25) is 14.4 Å². The Labute approximate surface area is 327 Å². The van der Waals surface area contributed by atoms with Gasteiger partial charge in [-0.15, -0.1) is 0 Å². The minimum absolute atomic E-state index is 0.0200. The summed E-state index contributed by atoms with van der Waals surface area (Å²) < 4.78 is 131. The fourth-order valence-electron chi connectivity index (χ4n) is 15.1. The molecule has 12 bridgehead atoms. The zero-order valence-electron chi connectivity index (χ0n) is 30.8. The highest BCUT2D eigenvalue weighted by atomic mass is 32.2. The Bertz CT molecular complexity index is 2330. The summed E-state index contributed by atoms with van der Waals surface area (Å²) in [6, 6.07) is 3.50. The van der Waals surface area contributed by atoms with Crippen LogP contribution in [0.2, 0.25) is 0 Å². The number of halogens is 4. The van der Waals surface area contributed by atoms with Crippen molar-refractivity contribution in [2.45, 2.75) is 105 Å². The number of ketones is 3. The number of carbonyl (C=O) groups excluding carboxylic acids is 3. The van der Waals surface area contributed by atoms with Crippen LogP contribution < -0.4 is 4.18 Å². The molecule has 0 spiro atoms. The molecule has 0 N–H and O–H groups in total. The molecule has 12 aliphatic carbocycles. The first-order valence-electron chi connectivity index (χ1n) is 20.5. The van der Waals surface area contributed by atoms with Crippen molar-refractivity contribution < 1.29 is 57.5 Å². The number of carbonyl (C=O) groups is 3. The highest BCUT2D eigenvalue weighted by Gasteiger charge is 2.59. The lowest BCUT2D eigenvalue weighted by Crippen LogP contribution is -2.52. The van der Waals surface area contributed by atoms with Crippen LogP contribution in [0.3, 0.4) is 0 Å². The molecule has 2 aromatic rings. The van der Waals surface area contributed by atoms with Crippen molar-refractivity contribution in [3.63, 3.8) is 0 Å². The van der Waals surface area contributed by atoms with Crippen molar-refractivity contribution in [2.75, 3.05) is 0 Å². The third-order valence-corrected chi connectivity index (χ3v) is 18.8. The summed E-state index contributed by atoms with van der Waals surface area (Å²) in [6.07, 6.45) is 8.26. The first-order valence-corrected chi connectivity index (χ1v) is 23.3. The van der Waals surface area contributed by atoms with Crippen LogP contribution in [-0.2, 0) is 34.6 Å². The van der Waals surface area contributed by atoms with Crippen molar-refractivity contribution in [3.05, 3.63) is 52.1 Å². The molecule has 9 nitrogen and oxygen atoms in total. The van der Waals surface area contributed by atoms with Gasteiger partial charge in [-0.25, -0.2) is 17.2 Å². The molecule has 12 saturated carbocycles. The lowest BCUT2D eigenvalue weighted by molar-refractivity contribution is -0.142. The molecule has 0 heterocycles. The molecule has 0 aliphatic heterocycles. The smallest absolute Gasteiger partial charge is 0.339 e. The van der Waals surface area contributed by atoms with Crippen LogP contribution >= 0.6 is 0 Å². The molecular weight excluding hydrogens is 789 g/mol. The van der Waals surface area contributed by atoms with E-state index in [2.05, 4.69) is 0 Å². The van der Waals surface area contributed by atoms with Gasteiger partial charge in [0.15, 0.2) is 11.6 Å². The Morgan fingerprint density at radius 1 is 0.509 bits per heavy atom. The largest absolute Gasteiger partial charge is 0.744 e. The second-order valence-electron chi connectivity index (χ2n) is 19.3. The third kappa shape index (κ3) is 5.21. The van der Waals surface area contributed by atoms with Crippen LogP contribution in [0, 0.1) is 94.3 Å². The van der Waals surface area contributed by atoms with Gasteiger partial charge in [0.05, 0.1) is 0 Å². The highest BCUT2D eigenvalue weighted by Crippen LogP contribution is 2.64. The van der Waals surface area contributed by atoms with E-state index in [4.69, 9.17) is 4.18 Å². The number of Topliss-reactive ketones (excluding diaryl/α,β-unsaturated/α-hetero) is 3. The van der Waals surface area contributed by atoms with Crippen LogP contribution in [-0.4, -0.2) is 38.7 Å². The summed E-state index contributed by atoms with van der Waals surface area (Å²) in [5.41, 5.74) is 1.14. The van der Waals surface area contributed by atoms with E-state index in [1.165, 1.54) is 0 Å². The second kappa shape index (κ2) is 12.2. The van der Waals surface area contributed by atoms with Gasteiger partial charge < -0.3 is 8.74 Å². The molecule has 12 fully saturated rings. The van der Waals surface area contributed by atoms with E-state index < -0.39 is 82.7 Å². The molecule has 0 amide bonds. The zero-order chi connectivity index (χ0) is 39.8. The topological polar surface area (TPSA) is 152 Å². The minimum Gasteiger partial charge on any atom is -0.744 e. The summed E-state index contributed by atoms with van der Waals surface area (Å²) in [5.74, 6) is -14.7. The predicted octanol–water partition coefficient (Wildman–Crippen LogP) is 7.07. The number of benzene rings is 2. The number of hydrogen-bond acceptors (Lipinski definition) is 9. The van der Waals surface area contributed by atoms with E-state index in [0.29, 0.717) is 44.4 Å². The first-order chi connectivity index (χ1) is 27.0. The van der Waals surface area contributed by atoms with E-state index in [9.17, 15) is 27.4 Å². The van der Waals surface area contributed by atoms with Crippen LogP contribution in [0.5, 0.6) is 5.75 Å². The maximum Gasteiger partial charge on any atom is 0.339 e. The lowest BCUT2D eigenvalue weighted by Gasteiger charge is -2.56. The van der Waals surface area contributed by atoms with E-state index in [1.807, 2.05) is 0 Å². The van der Waals surface area contributed by atoms with Crippen molar-refractivity contribution in [3.8, 4) is 5.75 Å². The summed E-state index contributed by atoms with van der Waals surface area (Å²) >= 11 is 0. The molecule has 0 radical (unpaired) electrons. The first kappa shape index (κ1) is 36.9. The molecule has 15 heteroatoms. The zero-order valence-corrected chi connectivity index (χ0v) is 32.4. The molecular formula is C42H41F4O9S2-. The third-order valence-electron chi connectivity index (χ3n) is 16.6. The van der Waals surface area contributed by atoms with Crippen LogP contribution in [0.15, 0.2) is 21.9 Å². The molecule has 304 valence electrons. The Hall–Kier alpha value is -3.17. The number of rotatable bonds is 7. The van der Waals surface area contributed by atoms with Crippen molar-refractivity contribution in [1.29, 1.82) is 0 Å². The van der Waals surface area contributed by atoms with E-state index in [1.54, 1.807) is 12.1 Å². The molecule has 57 heavy (non-hydrogen) atoms. The highest BCUT2D eigenvalue weighted by molar-refractivity contribution is 7.87. The Kier molecular flexibility index (Phi) is 7.90. The fraction of sp³-hybridized carbons (Fsp3) is 0.643. The molecule has 15 unspecified atom stereocenters. The Balaban J connectivity index is 1.15. The van der Waals surface area contributed by atoms with Crippen molar-refractivity contribution >= 4 is 37.6 Å². The van der Waals surface area contributed by atoms with Crippen molar-refractivity contribution in [2.24, 2.45) is 71.0 Å². The molecule has 15 atom stereocenters. The quantitative estimate of drug-likeness (QED) is 0.124. The van der Waals surface area contributed by atoms with Crippen LogP contribution in [0.25, 0.3) is 0 Å². The minimum atomic E-state index is -6.09. The standard InChI is InChI=1S/C42H42F4O9S2/c43-33-35(45)42(56(50,51)52)36(46)34(44)40(33)55-57(53,54)41-28(31-19-2-16-5-23(11-19)38(48)26(31)8-16)13-21(30-18-1-15-4-22(10-18)37(47)25(30)7-15)14-29(41)32-20-3-17-6-24(12-20)39(49)27(32)9-17/h13-20,22-27,30-32H,1-12H2,(H,50,51,52)/p-1. The van der Waals surface area contributed by atoms with Gasteiger partial charge in [-0.2, -0.15) is 17.2 Å². The summed E-state index contributed by atoms with van der Waals surface area (Å²) in [6.45, 7) is 0. The van der Waals surface area contributed by atoms with E-state index in [0.717, 1.165) is 44.1 Å². The maximum absolute atomic E-state index is 15.6. The van der Waals surface area contributed by atoms with Gasteiger partial charge in [-0.05, 0) is 147 Å². The van der Waals surface area contributed by atoms with Crippen LogP contribution in [0.1, 0.15) is 111 Å². The van der Waals surface area contributed by atoms with Crippen molar-refractivity contribution in [1.82, 2.24) is 0 Å². The SMILES string of the molecule is O=C1C2CC3CC(C2)C(c2cc(C4C5CC6CC(C5)C(=O)C4C6)c(S(=O)(=O)Oc4c(F)c(F)c(S(=O)(=O)[O-])c(F)c4F)c(C4C5CC6CC(C5)C(=O)C4C6)c2)C1C3. The number of hydrogen-bond donors (Lipinski definition) is 0. The summed E-state index contributed by atoms with van der Waals surface area (Å²) in [4.78, 5) is 39.0. The summed E-state index contributed by atoms with van der Waals surface area (Å²) in [7, 11) is -11.6. The van der Waals surface area contributed by atoms with Gasteiger partial charge in [0.2, 0.25) is 17.4 Å². The lowest BCUT2D eigenvalue weighted by atomic mass is 9.48. The Morgan fingerprint density at radius 3 is 1.30 bits per heavy atom. The fourth-order valence-corrected chi connectivity index (χ4v) is 17.1. The normalized spacial score (nSPS) is 41.1. The maximum atomic E-state index is 15.6. The van der Waals surface area contributed by atoms with Crippen LogP contribution in [0.4, 0.5) is 17.6 Å². The average Bonchev–Trinajstić information content (AvgIpc) is 3.14. The predicted molar refractivity (Wildman–Crippen MR) is 189 cm³/mol. The monoisotopic (exact) mass is 829 g/mol.